The number of hydrogen-bond donors (Lipinski definition) is 0. The summed E-state index contributed by atoms with van der Waals surface area (Å²) in [6.45, 7) is 3.68. The maximum atomic E-state index is 11.6. The van der Waals surface area contributed by atoms with E-state index in [4.69, 9.17) is 9.47 Å². The second-order valence-corrected chi connectivity index (χ2v) is 4.89. The molecule has 2 aliphatic carbocycles. The predicted molar refractivity (Wildman–Crippen MR) is 54.2 cm³/mol. The largest absolute Gasteiger partial charge is 0.462 e. The van der Waals surface area contributed by atoms with Gasteiger partial charge in [-0.3, -0.25) is 4.79 Å². The fourth-order valence-corrected chi connectivity index (χ4v) is 3.60. The lowest BCUT2D eigenvalue weighted by Gasteiger charge is -2.23. The average molecular weight is 222 g/mol. The number of rotatable bonds is 3. The Morgan fingerprint density at radius 2 is 2.38 bits per heavy atom. The summed E-state index contributed by atoms with van der Waals surface area (Å²) < 4.78 is 10.4. The molecule has 3 rings (SSSR count). The van der Waals surface area contributed by atoms with Gasteiger partial charge in [-0.05, 0) is 18.8 Å². The van der Waals surface area contributed by atoms with Gasteiger partial charge in [-0.2, -0.15) is 0 Å². The van der Waals surface area contributed by atoms with E-state index in [1.54, 1.807) is 0 Å². The Morgan fingerprint density at radius 1 is 1.56 bits per heavy atom. The summed E-state index contributed by atoms with van der Waals surface area (Å²) >= 11 is 0. The summed E-state index contributed by atoms with van der Waals surface area (Å²) in [6.07, 6.45) is 3.30. The fourth-order valence-electron chi connectivity index (χ4n) is 3.60. The van der Waals surface area contributed by atoms with Crippen molar-refractivity contribution >= 4 is 11.9 Å². The number of carbonyl (C=O) groups is 2. The van der Waals surface area contributed by atoms with Gasteiger partial charge in [-0.25, -0.2) is 4.79 Å². The zero-order chi connectivity index (χ0) is 11.3. The molecule has 2 bridgehead atoms. The standard InChI is InChI=1S/C12H14O4/c1-2-10(13)15-5-8-6-3-7-9(4-6)16-12(14)11(7)8/h2,6-9,11H,1,3-5H2. The zero-order valence-corrected chi connectivity index (χ0v) is 8.93. The van der Waals surface area contributed by atoms with Crippen molar-refractivity contribution in [3.05, 3.63) is 12.7 Å². The molecule has 1 aliphatic heterocycles. The molecule has 2 saturated carbocycles. The van der Waals surface area contributed by atoms with E-state index in [2.05, 4.69) is 6.58 Å². The average Bonchev–Trinajstić information content (AvgIpc) is 2.86. The third kappa shape index (κ3) is 1.22. The first-order chi connectivity index (χ1) is 7.70. The maximum absolute atomic E-state index is 11.6. The lowest BCUT2D eigenvalue weighted by atomic mass is 9.80. The van der Waals surface area contributed by atoms with Crippen LogP contribution in [0.5, 0.6) is 0 Å². The van der Waals surface area contributed by atoms with E-state index in [-0.39, 0.29) is 23.9 Å². The van der Waals surface area contributed by atoms with Crippen molar-refractivity contribution in [3.8, 4) is 0 Å². The van der Waals surface area contributed by atoms with Gasteiger partial charge in [0, 0.05) is 17.9 Å². The van der Waals surface area contributed by atoms with Crippen LogP contribution in [0.15, 0.2) is 12.7 Å². The first-order valence-corrected chi connectivity index (χ1v) is 5.70. The van der Waals surface area contributed by atoms with E-state index in [1.807, 2.05) is 0 Å². The molecule has 3 aliphatic rings. The van der Waals surface area contributed by atoms with Crippen LogP contribution in [-0.2, 0) is 19.1 Å². The van der Waals surface area contributed by atoms with Crippen LogP contribution < -0.4 is 0 Å². The van der Waals surface area contributed by atoms with Crippen LogP contribution in [0.3, 0.4) is 0 Å². The number of fused-ring (bicyclic) bond motifs is 1. The van der Waals surface area contributed by atoms with E-state index in [0.29, 0.717) is 18.4 Å². The van der Waals surface area contributed by atoms with Crippen molar-refractivity contribution in [2.75, 3.05) is 6.61 Å². The molecule has 0 spiro atoms. The van der Waals surface area contributed by atoms with Gasteiger partial charge in [0.05, 0.1) is 12.5 Å². The minimum atomic E-state index is -0.411. The predicted octanol–water partition coefficient (Wildman–Crippen LogP) is 0.913. The molecule has 0 aromatic carbocycles. The number of hydrogen-bond acceptors (Lipinski definition) is 4. The van der Waals surface area contributed by atoms with Gasteiger partial charge < -0.3 is 9.47 Å². The molecule has 0 radical (unpaired) electrons. The molecule has 16 heavy (non-hydrogen) atoms. The maximum Gasteiger partial charge on any atom is 0.330 e. The minimum absolute atomic E-state index is 0.0265. The molecule has 3 fully saturated rings. The van der Waals surface area contributed by atoms with Crippen molar-refractivity contribution in [1.82, 2.24) is 0 Å². The van der Waals surface area contributed by atoms with Gasteiger partial charge in [0.15, 0.2) is 0 Å². The topological polar surface area (TPSA) is 52.6 Å². The van der Waals surface area contributed by atoms with Crippen molar-refractivity contribution in [2.45, 2.75) is 18.9 Å². The van der Waals surface area contributed by atoms with Crippen LogP contribution in [0, 0.1) is 23.7 Å². The Balaban J connectivity index is 1.70. The van der Waals surface area contributed by atoms with Crippen LogP contribution in [0.1, 0.15) is 12.8 Å². The van der Waals surface area contributed by atoms with Crippen molar-refractivity contribution in [2.24, 2.45) is 23.7 Å². The minimum Gasteiger partial charge on any atom is -0.462 e. The van der Waals surface area contributed by atoms with Crippen LogP contribution in [0.4, 0.5) is 0 Å². The highest BCUT2D eigenvalue weighted by Gasteiger charge is 2.61. The Bertz CT molecular complexity index is 360. The molecule has 1 heterocycles. The van der Waals surface area contributed by atoms with Gasteiger partial charge in [-0.1, -0.05) is 6.58 Å². The molecule has 0 aromatic rings. The lowest BCUT2D eigenvalue weighted by Crippen LogP contribution is -2.30. The van der Waals surface area contributed by atoms with Crippen molar-refractivity contribution in [1.29, 1.82) is 0 Å². The quantitative estimate of drug-likeness (QED) is 0.526. The van der Waals surface area contributed by atoms with Gasteiger partial charge in [0.1, 0.15) is 6.10 Å². The smallest absolute Gasteiger partial charge is 0.330 e. The van der Waals surface area contributed by atoms with E-state index >= 15 is 0 Å². The van der Waals surface area contributed by atoms with Crippen LogP contribution in [-0.4, -0.2) is 24.6 Å². The molecular formula is C12H14O4. The molecule has 4 nitrogen and oxygen atoms in total. The second kappa shape index (κ2) is 3.34. The summed E-state index contributed by atoms with van der Waals surface area (Å²) in [6, 6.07) is 0. The van der Waals surface area contributed by atoms with E-state index in [9.17, 15) is 9.59 Å². The third-order valence-electron chi connectivity index (χ3n) is 4.24. The summed E-state index contributed by atoms with van der Waals surface area (Å²) in [5.74, 6) is 0.510. The highest BCUT2D eigenvalue weighted by Crippen LogP contribution is 2.57. The molecule has 86 valence electrons. The van der Waals surface area contributed by atoms with Gasteiger partial charge in [0.25, 0.3) is 0 Å². The monoisotopic (exact) mass is 222 g/mol. The fraction of sp³-hybridized carbons (Fsp3) is 0.667. The Hall–Kier alpha value is -1.32. The first kappa shape index (κ1) is 9.87. The second-order valence-electron chi connectivity index (χ2n) is 4.89. The molecule has 0 N–H and O–H groups in total. The lowest BCUT2D eigenvalue weighted by molar-refractivity contribution is -0.146. The Kier molecular flexibility index (Phi) is 2.06. The number of ether oxygens (including phenoxy) is 2. The SMILES string of the molecule is C=CC(=O)OCC1C2CC3OC(=O)C1C3C2. The van der Waals surface area contributed by atoms with Crippen molar-refractivity contribution < 1.29 is 19.1 Å². The summed E-state index contributed by atoms with van der Waals surface area (Å²) in [7, 11) is 0. The normalized spacial score (nSPS) is 43.2. The summed E-state index contributed by atoms with van der Waals surface area (Å²) in [4.78, 5) is 22.6. The van der Waals surface area contributed by atoms with Gasteiger partial charge in [0.2, 0.25) is 0 Å². The summed E-state index contributed by atoms with van der Waals surface area (Å²) in [5.41, 5.74) is 0. The number of esters is 2. The summed E-state index contributed by atoms with van der Waals surface area (Å²) in [5, 5.41) is 0. The molecule has 5 unspecified atom stereocenters. The van der Waals surface area contributed by atoms with E-state index in [1.165, 1.54) is 0 Å². The third-order valence-corrected chi connectivity index (χ3v) is 4.24. The molecule has 1 saturated heterocycles. The van der Waals surface area contributed by atoms with Gasteiger partial charge >= 0.3 is 11.9 Å². The zero-order valence-electron chi connectivity index (χ0n) is 8.93. The molecule has 0 aromatic heterocycles. The first-order valence-electron chi connectivity index (χ1n) is 5.70. The number of carbonyl (C=O) groups excluding carboxylic acids is 2. The highest BCUT2D eigenvalue weighted by molar-refractivity contribution is 5.81. The molecule has 4 heteroatoms. The Labute approximate surface area is 93.6 Å². The Morgan fingerprint density at radius 3 is 3.12 bits per heavy atom. The molecular weight excluding hydrogens is 208 g/mol. The van der Waals surface area contributed by atoms with Crippen LogP contribution in [0.2, 0.25) is 0 Å². The molecule has 5 atom stereocenters. The van der Waals surface area contributed by atoms with Crippen LogP contribution >= 0.6 is 0 Å². The van der Waals surface area contributed by atoms with Crippen LogP contribution in [0.25, 0.3) is 0 Å². The van der Waals surface area contributed by atoms with E-state index < -0.39 is 5.97 Å². The van der Waals surface area contributed by atoms with Crippen molar-refractivity contribution in [3.63, 3.8) is 0 Å². The van der Waals surface area contributed by atoms with E-state index in [0.717, 1.165) is 18.9 Å². The molecule has 0 amide bonds. The van der Waals surface area contributed by atoms with Gasteiger partial charge in [-0.15, -0.1) is 0 Å². The highest BCUT2D eigenvalue weighted by atomic mass is 16.6.